The van der Waals surface area contributed by atoms with Crippen LogP contribution in [-0.2, 0) is 6.42 Å². The van der Waals surface area contributed by atoms with Crippen LogP contribution in [0.2, 0.25) is 0 Å². The number of carbonyl (C=O) groups excluding carboxylic acids is 2. The summed E-state index contributed by atoms with van der Waals surface area (Å²) in [5, 5.41) is 5.33. The van der Waals surface area contributed by atoms with Gasteiger partial charge in [0.15, 0.2) is 0 Å². The summed E-state index contributed by atoms with van der Waals surface area (Å²) in [6.45, 7) is 5.40. The van der Waals surface area contributed by atoms with Crippen molar-refractivity contribution < 1.29 is 9.59 Å². The van der Waals surface area contributed by atoms with Crippen molar-refractivity contribution in [1.29, 1.82) is 0 Å². The monoisotopic (exact) mass is 407 g/mol. The van der Waals surface area contributed by atoms with E-state index in [1.54, 1.807) is 6.07 Å². The zero-order valence-corrected chi connectivity index (χ0v) is 17.2. The summed E-state index contributed by atoms with van der Waals surface area (Å²) < 4.78 is 0. The molecular formula is C20H26ClN3O2S. The highest BCUT2D eigenvalue weighted by atomic mass is 35.5. The van der Waals surface area contributed by atoms with Crippen molar-refractivity contribution in [2.45, 2.75) is 32.7 Å². The molecule has 3 N–H and O–H groups in total. The maximum Gasteiger partial charge on any atom is 0.257 e. The van der Waals surface area contributed by atoms with E-state index in [-0.39, 0.29) is 30.3 Å². The zero-order valence-electron chi connectivity index (χ0n) is 15.6. The number of halogens is 1. The first-order valence-corrected chi connectivity index (χ1v) is 9.90. The van der Waals surface area contributed by atoms with Gasteiger partial charge in [-0.2, -0.15) is 0 Å². The van der Waals surface area contributed by atoms with Crippen molar-refractivity contribution in [2.75, 3.05) is 18.4 Å². The first-order valence-electron chi connectivity index (χ1n) is 9.02. The van der Waals surface area contributed by atoms with Gasteiger partial charge >= 0.3 is 0 Å². The minimum Gasteiger partial charge on any atom is -0.336 e. The Morgan fingerprint density at radius 1 is 1.26 bits per heavy atom. The Morgan fingerprint density at radius 3 is 2.56 bits per heavy atom. The predicted molar refractivity (Wildman–Crippen MR) is 113 cm³/mol. The van der Waals surface area contributed by atoms with E-state index in [2.05, 4.69) is 12.2 Å². The van der Waals surface area contributed by atoms with Gasteiger partial charge in [-0.15, -0.1) is 23.7 Å². The van der Waals surface area contributed by atoms with Crippen LogP contribution in [-0.4, -0.2) is 35.8 Å². The fraction of sp³-hybridized carbons (Fsp3) is 0.400. The van der Waals surface area contributed by atoms with Gasteiger partial charge in [-0.3, -0.25) is 9.59 Å². The Kier molecular flexibility index (Phi) is 7.41. The normalized spacial score (nSPS) is 18.9. The molecule has 0 bridgehead atoms. The lowest BCUT2D eigenvalue weighted by Gasteiger charge is -2.21. The van der Waals surface area contributed by atoms with Crippen LogP contribution in [0.5, 0.6) is 0 Å². The second kappa shape index (κ2) is 9.35. The molecule has 27 heavy (non-hydrogen) atoms. The maximum atomic E-state index is 12.9. The Morgan fingerprint density at radius 2 is 1.96 bits per heavy atom. The molecular weight excluding hydrogens is 382 g/mol. The topological polar surface area (TPSA) is 75.4 Å². The van der Waals surface area contributed by atoms with Crippen LogP contribution >= 0.6 is 23.7 Å². The average Bonchev–Trinajstić information content (AvgIpc) is 3.27. The number of nitrogens with zero attached hydrogens (tertiary/aromatic N) is 1. The number of likely N-dealkylation sites (tertiary alicyclic amines) is 1. The molecule has 3 rings (SSSR count). The quantitative estimate of drug-likeness (QED) is 0.791. The molecule has 2 unspecified atom stereocenters. The lowest BCUT2D eigenvalue weighted by Crippen LogP contribution is -2.34. The van der Waals surface area contributed by atoms with Crippen molar-refractivity contribution >= 4 is 40.6 Å². The van der Waals surface area contributed by atoms with Gasteiger partial charge in [0.2, 0.25) is 0 Å². The lowest BCUT2D eigenvalue weighted by atomic mass is 10.1. The van der Waals surface area contributed by atoms with Gasteiger partial charge in [0, 0.05) is 18.2 Å². The fourth-order valence-electron chi connectivity index (χ4n) is 3.39. The van der Waals surface area contributed by atoms with E-state index in [9.17, 15) is 9.59 Å². The first kappa shape index (κ1) is 21.4. The number of rotatable bonds is 5. The van der Waals surface area contributed by atoms with Gasteiger partial charge in [0.25, 0.3) is 11.8 Å². The smallest absolute Gasteiger partial charge is 0.257 e. The number of thiophene rings is 1. The summed E-state index contributed by atoms with van der Waals surface area (Å²) in [6, 6.07) is 9.49. The maximum absolute atomic E-state index is 12.9. The molecule has 0 saturated carbocycles. The highest BCUT2D eigenvalue weighted by Crippen LogP contribution is 2.30. The summed E-state index contributed by atoms with van der Waals surface area (Å²) in [7, 11) is 0. The first-order chi connectivity index (χ1) is 12.5. The number of nitrogens with two attached hydrogens (primary N) is 1. The van der Waals surface area contributed by atoms with E-state index < -0.39 is 0 Å². The number of aryl methyl sites for hydroxylation is 1. The molecule has 1 aliphatic heterocycles. The van der Waals surface area contributed by atoms with Crippen molar-refractivity contribution in [1.82, 2.24) is 4.90 Å². The molecule has 1 aromatic heterocycles. The van der Waals surface area contributed by atoms with Crippen LogP contribution in [0.3, 0.4) is 0 Å². The number of hydrogen-bond acceptors (Lipinski definition) is 4. The highest BCUT2D eigenvalue weighted by molar-refractivity contribution is 7.14. The highest BCUT2D eigenvalue weighted by Gasteiger charge is 2.33. The largest absolute Gasteiger partial charge is 0.336 e. The molecule has 0 aliphatic carbocycles. The molecule has 1 saturated heterocycles. The number of nitrogens with one attached hydrogen (secondary N) is 1. The molecule has 2 heterocycles. The lowest BCUT2D eigenvalue weighted by molar-refractivity contribution is 0.0745. The Labute approximate surface area is 170 Å². The Hall–Kier alpha value is -1.89. The summed E-state index contributed by atoms with van der Waals surface area (Å²) in [5.41, 5.74) is 8.09. The molecule has 1 fully saturated rings. The molecule has 2 aromatic rings. The second-order valence-corrected chi connectivity index (χ2v) is 7.73. The van der Waals surface area contributed by atoms with Crippen LogP contribution in [0.25, 0.3) is 0 Å². The van der Waals surface area contributed by atoms with Crippen LogP contribution in [0.1, 0.15) is 46.5 Å². The third kappa shape index (κ3) is 4.69. The van der Waals surface area contributed by atoms with Gasteiger partial charge in [0.1, 0.15) is 5.00 Å². The molecule has 7 heteroatoms. The molecule has 2 atom stereocenters. The van der Waals surface area contributed by atoms with Crippen molar-refractivity contribution in [3.05, 3.63) is 52.4 Å². The van der Waals surface area contributed by atoms with Crippen molar-refractivity contribution in [3.8, 4) is 0 Å². The van der Waals surface area contributed by atoms with Crippen LogP contribution in [0.4, 0.5) is 5.00 Å². The minimum absolute atomic E-state index is 0. The fourth-order valence-corrected chi connectivity index (χ4v) is 4.17. The third-order valence-corrected chi connectivity index (χ3v) is 5.83. The van der Waals surface area contributed by atoms with E-state index in [1.165, 1.54) is 16.9 Å². The van der Waals surface area contributed by atoms with E-state index in [0.29, 0.717) is 35.1 Å². The van der Waals surface area contributed by atoms with E-state index >= 15 is 0 Å². The second-order valence-electron chi connectivity index (χ2n) is 6.81. The molecule has 0 spiro atoms. The summed E-state index contributed by atoms with van der Waals surface area (Å²) in [6.07, 6.45) is 1.86. The van der Waals surface area contributed by atoms with Gasteiger partial charge in [-0.25, -0.2) is 0 Å². The summed E-state index contributed by atoms with van der Waals surface area (Å²) in [4.78, 5) is 27.3. The number of anilines is 1. The van der Waals surface area contributed by atoms with E-state index in [1.807, 2.05) is 41.5 Å². The zero-order chi connectivity index (χ0) is 18.7. The average molecular weight is 408 g/mol. The van der Waals surface area contributed by atoms with E-state index in [0.717, 1.165) is 12.8 Å². The number of benzene rings is 1. The summed E-state index contributed by atoms with van der Waals surface area (Å²) in [5.74, 6) is 0.118. The molecule has 0 radical (unpaired) electrons. The minimum atomic E-state index is -0.196. The molecule has 1 aromatic carbocycles. The molecule has 2 amide bonds. The van der Waals surface area contributed by atoms with Gasteiger partial charge in [0.05, 0.1) is 5.56 Å². The predicted octanol–water partition coefficient (Wildman–Crippen LogP) is 3.79. The number of carbonyl (C=O) groups is 2. The van der Waals surface area contributed by atoms with Crippen LogP contribution in [0, 0.1) is 5.92 Å². The Bertz CT molecular complexity index is 791. The molecule has 146 valence electrons. The molecule has 1 aliphatic rings. The number of hydrogen-bond donors (Lipinski definition) is 2. The van der Waals surface area contributed by atoms with Gasteiger partial charge in [-0.1, -0.05) is 19.1 Å². The standard InChI is InChI=1S/C20H25N3O2S.ClH/c1-3-14-4-6-16(7-5-14)18(24)22-19-17(8-9-26-19)20(25)23-12-15(11-21)10-13(23)2;/h4-9,13,15H,3,10-12,21H2,1-2H3,(H,22,24);1H. The van der Waals surface area contributed by atoms with Gasteiger partial charge < -0.3 is 16.0 Å². The molecule has 5 nitrogen and oxygen atoms in total. The van der Waals surface area contributed by atoms with Gasteiger partial charge in [-0.05, 0) is 61.4 Å². The SMILES string of the molecule is CCc1ccc(C(=O)Nc2sccc2C(=O)N2CC(CN)CC2C)cc1.Cl. The van der Waals surface area contributed by atoms with E-state index in [4.69, 9.17) is 5.73 Å². The third-order valence-electron chi connectivity index (χ3n) is 5.00. The van der Waals surface area contributed by atoms with Crippen molar-refractivity contribution in [3.63, 3.8) is 0 Å². The Balaban J connectivity index is 0.00000261. The van der Waals surface area contributed by atoms with Crippen LogP contribution < -0.4 is 11.1 Å². The van der Waals surface area contributed by atoms with Crippen molar-refractivity contribution in [2.24, 2.45) is 11.7 Å². The van der Waals surface area contributed by atoms with Crippen LogP contribution in [0.15, 0.2) is 35.7 Å². The number of amides is 2. The summed E-state index contributed by atoms with van der Waals surface area (Å²) >= 11 is 1.37.